The molecule has 32 heavy (non-hydrogen) atoms. The normalized spacial score (nSPS) is 10.8. The smallest absolute Gasteiger partial charge is 0.387 e. The second-order valence-electron chi connectivity index (χ2n) is 6.66. The molecule has 0 saturated carbocycles. The number of esters is 1. The van der Waals surface area contributed by atoms with Crippen LogP contribution < -0.4 is 9.47 Å². The number of carbonyl (C=O) groups excluding carboxylic acids is 1. The number of rotatable bonds is 8. The summed E-state index contributed by atoms with van der Waals surface area (Å²) >= 11 is 12.7. The van der Waals surface area contributed by atoms with Crippen molar-refractivity contribution in [1.82, 2.24) is 0 Å². The third-order valence-electron chi connectivity index (χ3n) is 4.51. The lowest BCUT2D eigenvalue weighted by atomic mass is 9.98. The predicted octanol–water partition coefficient (Wildman–Crippen LogP) is 6.11. The number of methoxy groups -OCH3 is 1. The standard InChI is InChI=1S/C23H18Cl2F2O5/c1-30-22(29)12-31-16-10-19(24)18(20(25)11-16)8-13-5-6-21(28)17(7-13)14-3-2-4-15(9-14)32-23(26)27/h2-7,9-11,23,28H,8,12H2,1H3. The summed E-state index contributed by atoms with van der Waals surface area (Å²) in [6.07, 6.45) is 0.329. The number of ether oxygens (including phenoxy) is 3. The summed E-state index contributed by atoms with van der Waals surface area (Å²) in [5, 5.41) is 11.0. The summed E-state index contributed by atoms with van der Waals surface area (Å²) in [5.74, 6) is -0.264. The zero-order chi connectivity index (χ0) is 23.3. The molecule has 3 aromatic rings. The van der Waals surface area contributed by atoms with Gasteiger partial charge >= 0.3 is 12.6 Å². The van der Waals surface area contributed by atoms with E-state index in [2.05, 4.69) is 9.47 Å². The van der Waals surface area contributed by atoms with Gasteiger partial charge in [-0.1, -0.05) is 41.4 Å². The van der Waals surface area contributed by atoms with E-state index in [4.69, 9.17) is 27.9 Å². The van der Waals surface area contributed by atoms with Gasteiger partial charge in [0.05, 0.1) is 7.11 Å². The van der Waals surface area contributed by atoms with Crippen LogP contribution >= 0.6 is 23.2 Å². The molecule has 0 heterocycles. The molecule has 0 aliphatic heterocycles. The minimum absolute atomic E-state index is 0.0177. The highest BCUT2D eigenvalue weighted by molar-refractivity contribution is 6.36. The molecule has 0 amide bonds. The van der Waals surface area contributed by atoms with Gasteiger partial charge in [0.15, 0.2) is 6.61 Å². The molecule has 0 radical (unpaired) electrons. The van der Waals surface area contributed by atoms with Crippen molar-refractivity contribution in [2.24, 2.45) is 0 Å². The number of benzene rings is 3. The van der Waals surface area contributed by atoms with Gasteiger partial charge in [-0.3, -0.25) is 0 Å². The predicted molar refractivity (Wildman–Crippen MR) is 117 cm³/mol. The minimum Gasteiger partial charge on any atom is -0.507 e. The van der Waals surface area contributed by atoms with E-state index in [0.717, 1.165) is 5.56 Å². The number of phenolic OH excluding ortho intramolecular Hbond substituents is 1. The zero-order valence-electron chi connectivity index (χ0n) is 16.8. The number of phenols is 1. The van der Waals surface area contributed by atoms with Crippen LogP contribution in [0.2, 0.25) is 10.0 Å². The molecule has 0 spiro atoms. The number of carbonyl (C=O) groups is 1. The van der Waals surface area contributed by atoms with E-state index in [1.54, 1.807) is 24.3 Å². The molecule has 0 aliphatic carbocycles. The SMILES string of the molecule is COC(=O)COc1cc(Cl)c(Cc2ccc(O)c(-c3cccc(OC(F)F)c3)c2)c(Cl)c1. The first-order chi connectivity index (χ1) is 15.3. The summed E-state index contributed by atoms with van der Waals surface area (Å²) in [5.41, 5.74) is 2.33. The Morgan fingerprint density at radius 1 is 1.03 bits per heavy atom. The molecular formula is C23H18Cl2F2O5. The fraction of sp³-hybridized carbons (Fsp3) is 0.174. The largest absolute Gasteiger partial charge is 0.507 e. The fourth-order valence-electron chi connectivity index (χ4n) is 3.00. The number of hydrogen-bond acceptors (Lipinski definition) is 5. The van der Waals surface area contributed by atoms with Gasteiger partial charge in [0, 0.05) is 22.0 Å². The molecule has 3 aromatic carbocycles. The van der Waals surface area contributed by atoms with Crippen LogP contribution in [0.1, 0.15) is 11.1 Å². The molecule has 1 N–H and O–H groups in total. The molecule has 3 rings (SSSR count). The Hall–Kier alpha value is -3.03. The first-order valence-corrected chi connectivity index (χ1v) is 10.1. The van der Waals surface area contributed by atoms with Gasteiger partial charge in [0.2, 0.25) is 0 Å². The van der Waals surface area contributed by atoms with Crippen molar-refractivity contribution < 1.29 is 32.9 Å². The lowest BCUT2D eigenvalue weighted by Crippen LogP contribution is -2.12. The molecule has 168 valence electrons. The van der Waals surface area contributed by atoms with Crippen molar-refractivity contribution in [3.8, 4) is 28.4 Å². The quantitative estimate of drug-likeness (QED) is 0.392. The first kappa shape index (κ1) is 23.6. The van der Waals surface area contributed by atoms with Gasteiger partial charge in [-0.15, -0.1) is 0 Å². The Kier molecular flexibility index (Phi) is 7.77. The summed E-state index contributed by atoms with van der Waals surface area (Å²) in [4.78, 5) is 11.2. The number of aromatic hydroxyl groups is 1. The van der Waals surface area contributed by atoms with Crippen molar-refractivity contribution in [3.63, 3.8) is 0 Å². The van der Waals surface area contributed by atoms with Crippen LogP contribution in [0.25, 0.3) is 11.1 Å². The summed E-state index contributed by atoms with van der Waals surface area (Å²) < 4.78 is 39.3. The average Bonchev–Trinajstić information content (AvgIpc) is 2.75. The van der Waals surface area contributed by atoms with E-state index >= 15 is 0 Å². The van der Waals surface area contributed by atoms with Crippen molar-refractivity contribution in [2.45, 2.75) is 13.0 Å². The molecule has 0 unspecified atom stereocenters. The Bertz CT molecular complexity index is 1100. The lowest BCUT2D eigenvalue weighted by Gasteiger charge is -2.13. The van der Waals surface area contributed by atoms with Gasteiger partial charge in [-0.05, 0) is 53.1 Å². The van der Waals surface area contributed by atoms with E-state index in [0.29, 0.717) is 38.9 Å². The van der Waals surface area contributed by atoms with Crippen molar-refractivity contribution in [3.05, 3.63) is 75.8 Å². The van der Waals surface area contributed by atoms with Crippen LogP contribution in [0, 0.1) is 0 Å². The minimum atomic E-state index is -2.95. The Labute approximate surface area is 193 Å². The van der Waals surface area contributed by atoms with E-state index in [-0.39, 0.29) is 18.1 Å². The molecule has 0 fully saturated rings. The number of halogens is 4. The van der Waals surface area contributed by atoms with E-state index in [9.17, 15) is 18.7 Å². The van der Waals surface area contributed by atoms with Gasteiger partial charge in [-0.2, -0.15) is 8.78 Å². The third kappa shape index (κ3) is 6.02. The first-order valence-electron chi connectivity index (χ1n) is 9.31. The van der Waals surface area contributed by atoms with Crippen molar-refractivity contribution in [1.29, 1.82) is 0 Å². The van der Waals surface area contributed by atoms with Crippen LogP contribution in [-0.2, 0) is 16.0 Å². The lowest BCUT2D eigenvalue weighted by molar-refractivity contribution is -0.142. The molecule has 0 saturated heterocycles. The maximum Gasteiger partial charge on any atom is 0.387 e. The number of alkyl halides is 2. The maximum atomic E-state index is 12.5. The Morgan fingerprint density at radius 3 is 2.41 bits per heavy atom. The average molecular weight is 483 g/mol. The third-order valence-corrected chi connectivity index (χ3v) is 5.19. The molecule has 0 aliphatic rings. The Morgan fingerprint density at radius 2 is 1.75 bits per heavy atom. The molecule has 0 atom stereocenters. The van der Waals surface area contributed by atoms with Gasteiger partial charge in [0.25, 0.3) is 0 Å². The van der Waals surface area contributed by atoms with Crippen LogP contribution in [-0.4, -0.2) is 31.4 Å². The van der Waals surface area contributed by atoms with E-state index in [1.165, 1.54) is 37.4 Å². The molecule has 9 heteroatoms. The van der Waals surface area contributed by atoms with E-state index < -0.39 is 12.6 Å². The maximum absolute atomic E-state index is 12.5. The summed E-state index contributed by atoms with van der Waals surface area (Å²) in [6.45, 7) is -3.23. The fourth-order valence-corrected chi connectivity index (χ4v) is 3.60. The molecular weight excluding hydrogens is 465 g/mol. The van der Waals surface area contributed by atoms with Crippen LogP contribution in [0.4, 0.5) is 8.78 Å². The molecule has 0 bridgehead atoms. The monoisotopic (exact) mass is 482 g/mol. The summed E-state index contributed by atoms with van der Waals surface area (Å²) in [7, 11) is 1.25. The van der Waals surface area contributed by atoms with Gasteiger partial charge in [-0.25, -0.2) is 4.79 Å². The van der Waals surface area contributed by atoms with Crippen molar-refractivity contribution >= 4 is 29.2 Å². The topological polar surface area (TPSA) is 65.0 Å². The molecule has 5 nitrogen and oxygen atoms in total. The van der Waals surface area contributed by atoms with Crippen LogP contribution in [0.3, 0.4) is 0 Å². The Balaban J connectivity index is 1.86. The van der Waals surface area contributed by atoms with Gasteiger partial charge in [0.1, 0.15) is 17.2 Å². The summed E-state index contributed by atoms with van der Waals surface area (Å²) in [6, 6.07) is 14.0. The second kappa shape index (κ2) is 10.5. The van der Waals surface area contributed by atoms with Crippen LogP contribution in [0.5, 0.6) is 17.2 Å². The zero-order valence-corrected chi connectivity index (χ0v) is 18.3. The molecule has 0 aromatic heterocycles. The number of hydrogen-bond donors (Lipinski definition) is 1. The highest BCUT2D eigenvalue weighted by Gasteiger charge is 2.14. The van der Waals surface area contributed by atoms with E-state index in [1.807, 2.05) is 0 Å². The van der Waals surface area contributed by atoms with Crippen molar-refractivity contribution in [2.75, 3.05) is 13.7 Å². The van der Waals surface area contributed by atoms with Crippen LogP contribution in [0.15, 0.2) is 54.6 Å². The second-order valence-corrected chi connectivity index (χ2v) is 7.48. The highest BCUT2D eigenvalue weighted by atomic mass is 35.5. The van der Waals surface area contributed by atoms with Gasteiger partial charge < -0.3 is 19.3 Å². The highest BCUT2D eigenvalue weighted by Crippen LogP contribution is 2.36.